The molecule has 0 bridgehead atoms. The number of aryl methyl sites for hydroxylation is 2. The van der Waals surface area contributed by atoms with Gasteiger partial charge in [-0.3, -0.25) is 4.68 Å². The van der Waals surface area contributed by atoms with E-state index in [-0.39, 0.29) is 6.04 Å². The fraction of sp³-hybridized carbons (Fsp3) is 0.471. The maximum Gasteiger partial charge on any atom is 0.0677 e. The zero-order valence-corrected chi connectivity index (χ0v) is 14.0. The summed E-state index contributed by atoms with van der Waals surface area (Å²) >= 11 is 6.32. The van der Waals surface area contributed by atoms with Crippen LogP contribution in [0.5, 0.6) is 0 Å². The van der Waals surface area contributed by atoms with Gasteiger partial charge in [0.25, 0.3) is 0 Å². The Morgan fingerprint density at radius 3 is 2.62 bits per heavy atom. The van der Waals surface area contributed by atoms with E-state index < -0.39 is 0 Å². The van der Waals surface area contributed by atoms with Crippen LogP contribution in [0.4, 0.5) is 0 Å². The molecular formula is C17H24ClN3. The first-order valence-corrected chi connectivity index (χ1v) is 7.83. The van der Waals surface area contributed by atoms with Crippen LogP contribution in [0, 0.1) is 20.8 Å². The molecule has 2 aromatic rings. The quantitative estimate of drug-likeness (QED) is 0.913. The normalized spacial score (nSPS) is 12.7. The minimum absolute atomic E-state index is 0.197. The second-order valence-electron chi connectivity index (χ2n) is 5.77. The highest BCUT2D eigenvalue weighted by atomic mass is 35.5. The lowest BCUT2D eigenvalue weighted by molar-refractivity contribution is 0.636. The molecule has 0 aliphatic heterocycles. The maximum atomic E-state index is 6.32. The summed E-state index contributed by atoms with van der Waals surface area (Å²) in [5.41, 5.74) is 11.9. The van der Waals surface area contributed by atoms with E-state index in [0.29, 0.717) is 6.54 Å². The van der Waals surface area contributed by atoms with Gasteiger partial charge in [-0.25, -0.2) is 0 Å². The Hall–Kier alpha value is -1.32. The summed E-state index contributed by atoms with van der Waals surface area (Å²) in [6.45, 7) is 9.03. The molecule has 1 atom stereocenters. The van der Waals surface area contributed by atoms with E-state index in [4.69, 9.17) is 17.3 Å². The Kier molecular flexibility index (Phi) is 5.07. The van der Waals surface area contributed by atoms with Crippen molar-refractivity contribution in [2.75, 3.05) is 0 Å². The molecule has 1 unspecified atom stereocenters. The first kappa shape index (κ1) is 16.1. The Balaban J connectivity index is 2.27. The molecule has 1 aromatic heterocycles. The lowest BCUT2D eigenvalue weighted by Crippen LogP contribution is -2.22. The average Bonchev–Trinajstić information content (AvgIpc) is 2.69. The summed E-state index contributed by atoms with van der Waals surface area (Å²) in [5, 5.41) is 5.46. The SMILES string of the molecule is CCC(N)Cc1c(C)nn(Cc2ccc(C)cc2Cl)c1C. The molecule has 0 aliphatic rings. The fourth-order valence-electron chi connectivity index (χ4n) is 2.53. The fourth-order valence-corrected chi connectivity index (χ4v) is 2.83. The summed E-state index contributed by atoms with van der Waals surface area (Å²) in [6, 6.07) is 6.35. The van der Waals surface area contributed by atoms with Crippen LogP contribution in [0.25, 0.3) is 0 Å². The first-order chi connectivity index (χ1) is 9.92. The molecule has 2 N–H and O–H groups in total. The molecular weight excluding hydrogens is 282 g/mol. The molecule has 1 heterocycles. The molecule has 0 fully saturated rings. The number of benzene rings is 1. The largest absolute Gasteiger partial charge is 0.327 e. The van der Waals surface area contributed by atoms with Crippen molar-refractivity contribution in [2.45, 2.75) is 53.1 Å². The average molecular weight is 306 g/mol. The number of rotatable bonds is 5. The van der Waals surface area contributed by atoms with Crippen molar-refractivity contribution >= 4 is 11.6 Å². The zero-order valence-electron chi connectivity index (χ0n) is 13.3. The van der Waals surface area contributed by atoms with Crippen LogP contribution in [0.1, 0.15) is 41.4 Å². The van der Waals surface area contributed by atoms with Crippen LogP contribution in [0.2, 0.25) is 5.02 Å². The third kappa shape index (κ3) is 3.66. The number of halogens is 1. The third-order valence-corrected chi connectivity index (χ3v) is 4.40. The number of nitrogens with zero attached hydrogens (tertiary/aromatic N) is 2. The van der Waals surface area contributed by atoms with Crippen LogP contribution < -0.4 is 5.73 Å². The van der Waals surface area contributed by atoms with Crippen molar-refractivity contribution < 1.29 is 0 Å². The molecule has 114 valence electrons. The maximum absolute atomic E-state index is 6.32. The van der Waals surface area contributed by atoms with Crippen molar-refractivity contribution in [2.24, 2.45) is 5.73 Å². The minimum atomic E-state index is 0.197. The van der Waals surface area contributed by atoms with E-state index in [0.717, 1.165) is 29.1 Å². The van der Waals surface area contributed by atoms with Crippen LogP contribution in [0.15, 0.2) is 18.2 Å². The van der Waals surface area contributed by atoms with Gasteiger partial charge in [0.05, 0.1) is 12.2 Å². The molecule has 0 aliphatic carbocycles. The highest BCUT2D eigenvalue weighted by Gasteiger charge is 2.14. The third-order valence-electron chi connectivity index (χ3n) is 4.05. The van der Waals surface area contributed by atoms with Gasteiger partial charge >= 0.3 is 0 Å². The van der Waals surface area contributed by atoms with E-state index in [1.54, 1.807) is 0 Å². The van der Waals surface area contributed by atoms with Crippen LogP contribution in [-0.2, 0) is 13.0 Å². The van der Waals surface area contributed by atoms with Crippen molar-refractivity contribution in [1.82, 2.24) is 9.78 Å². The van der Waals surface area contributed by atoms with Crippen LogP contribution >= 0.6 is 11.6 Å². The molecule has 0 saturated heterocycles. The van der Waals surface area contributed by atoms with Crippen molar-refractivity contribution in [3.63, 3.8) is 0 Å². The smallest absolute Gasteiger partial charge is 0.0677 e. The van der Waals surface area contributed by atoms with Gasteiger partial charge in [0.15, 0.2) is 0 Å². The Morgan fingerprint density at radius 2 is 2.00 bits per heavy atom. The van der Waals surface area contributed by atoms with Gasteiger partial charge < -0.3 is 5.73 Å². The van der Waals surface area contributed by atoms with Gasteiger partial charge in [-0.05, 0) is 56.4 Å². The van der Waals surface area contributed by atoms with Crippen LogP contribution in [0.3, 0.4) is 0 Å². The molecule has 4 heteroatoms. The lowest BCUT2D eigenvalue weighted by Gasteiger charge is -2.10. The summed E-state index contributed by atoms with van der Waals surface area (Å²) in [7, 11) is 0. The first-order valence-electron chi connectivity index (χ1n) is 7.45. The van der Waals surface area contributed by atoms with Crippen molar-refractivity contribution in [1.29, 1.82) is 0 Å². The molecule has 2 rings (SSSR count). The predicted octanol–water partition coefficient (Wildman–Crippen LogP) is 3.79. The monoisotopic (exact) mass is 305 g/mol. The van der Waals surface area contributed by atoms with E-state index in [2.05, 4.69) is 38.0 Å². The summed E-state index contributed by atoms with van der Waals surface area (Å²) in [5.74, 6) is 0. The molecule has 3 nitrogen and oxygen atoms in total. The van der Waals surface area contributed by atoms with E-state index >= 15 is 0 Å². The summed E-state index contributed by atoms with van der Waals surface area (Å²) in [4.78, 5) is 0. The van der Waals surface area contributed by atoms with E-state index in [9.17, 15) is 0 Å². The minimum Gasteiger partial charge on any atom is -0.327 e. The standard InChI is InChI=1S/C17H24ClN3/c1-5-15(19)9-16-12(3)20-21(13(16)4)10-14-7-6-11(2)8-17(14)18/h6-8,15H,5,9-10,19H2,1-4H3. The molecule has 0 saturated carbocycles. The second-order valence-corrected chi connectivity index (χ2v) is 6.18. The van der Waals surface area contributed by atoms with E-state index in [1.165, 1.54) is 16.8 Å². The second kappa shape index (κ2) is 6.63. The summed E-state index contributed by atoms with van der Waals surface area (Å²) < 4.78 is 2.03. The topological polar surface area (TPSA) is 43.8 Å². The highest BCUT2D eigenvalue weighted by Crippen LogP contribution is 2.21. The number of nitrogens with two attached hydrogens (primary N) is 1. The van der Waals surface area contributed by atoms with E-state index in [1.807, 2.05) is 17.7 Å². The van der Waals surface area contributed by atoms with Crippen molar-refractivity contribution in [3.05, 3.63) is 51.3 Å². The van der Waals surface area contributed by atoms with Gasteiger partial charge in [0, 0.05) is 16.8 Å². The van der Waals surface area contributed by atoms with Gasteiger partial charge in [0.1, 0.15) is 0 Å². The zero-order chi connectivity index (χ0) is 15.6. The molecule has 1 aromatic carbocycles. The Bertz CT molecular complexity index is 631. The molecule has 0 spiro atoms. The number of aromatic nitrogens is 2. The van der Waals surface area contributed by atoms with Crippen molar-refractivity contribution in [3.8, 4) is 0 Å². The molecule has 0 amide bonds. The van der Waals surface area contributed by atoms with Gasteiger partial charge in [0.2, 0.25) is 0 Å². The molecule has 0 radical (unpaired) electrons. The lowest BCUT2D eigenvalue weighted by atomic mass is 10.0. The van der Waals surface area contributed by atoms with Gasteiger partial charge in [-0.1, -0.05) is 30.7 Å². The number of hydrogen-bond acceptors (Lipinski definition) is 2. The Morgan fingerprint density at radius 1 is 1.29 bits per heavy atom. The van der Waals surface area contributed by atoms with Gasteiger partial charge in [-0.2, -0.15) is 5.10 Å². The van der Waals surface area contributed by atoms with Crippen LogP contribution in [-0.4, -0.2) is 15.8 Å². The highest BCUT2D eigenvalue weighted by molar-refractivity contribution is 6.31. The summed E-state index contributed by atoms with van der Waals surface area (Å²) in [6.07, 6.45) is 1.86. The van der Waals surface area contributed by atoms with Gasteiger partial charge in [-0.15, -0.1) is 0 Å². The predicted molar refractivity (Wildman–Crippen MR) is 89.0 cm³/mol. The molecule has 21 heavy (non-hydrogen) atoms. The Labute approximate surface area is 132 Å². The number of hydrogen-bond donors (Lipinski definition) is 1.